The molecule has 0 aliphatic carbocycles. The predicted octanol–water partition coefficient (Wildman–Crippen LogP) is 4.47. The molecule has 0 spiro atoms. The minimum atomic E-state index is -2.13. The first kappa shape index (κ1) is 22.4. The molecule has 2 unspecified atom stereocenters. The first-order chi connectivity index (χ1) is 9.56. The average Bonchev–Trinajstić information content (AvgIpc) is 2.23. The zero-order valence-electron chi connectivity index (χ0n) is 16.4. The van der Waals surface area contributed by atoms with E-state index in [2.05, 4.69) is 66.6 Å². The second kappa shape index (κ2) is 7.52. The molecular formula is C14H36O4Si4. The molecule has 0 amide bonds. The molecule has 0 heterocycles. The number of hydrogen-bond acceptors (Lipinski definition) is 4. The maximum absolute atomic E-state index is 11.5. The van der Waals surface area contributed by atoms with Crippen LogP contribution in [-0.2, 0) is 17.4 Å². The molecule has 0 saturated heterocycles. The van der Waals surface area contributed by atoms with Crippen LogP contribution in [0.1, 0.15) is 27.2 Å². The topological polar surface area (TPSA) is 44.8 Å². The van der Waals surface area contributed by atoms with Gasteiger partial charge in [0.1, 0.15) is 0 Å². The molecule has 0 aromatic carbocycles. The van der Waals surface area contributed by atoms with Gasteiger partial charge in [-0.15, -0.1) is 0 Å². The highest BCUT2D eigenvalue weighted by atomic mass is 28.4. The molecule has 0 radical (unpaired) electrons. The number of hydrogen-bond donors (Lipinski definition) is 0. The Morgan fingerprint density at radius 3 is 1.86 bits per heavy atom. The van der Waals surface area contributed by atoms with E-state index in [9.17, 15) is 4.46 Å². The zero-order valence-corrected chi connectivity index (χ0v) is 20.4. The van der Waals surface area contributed by atoms with E-state index in [1.54, 1.807) is 6.55 Å². The standard InChI is InChI=1S/C14H36O4Si4/c1-12-14(3,17-20(5,6)7)22(10,11)16-13(2)21(8,9)18-19(4)15/h13H,12H2,1-11H3. The van der Waals surface area contributed by atoms with E-state index < -0.39 is 33.9 Å². The highest BCUT2D eigenvalue weighted by Gasteiger charge is 2.50. The van der Waals surface area contributed by atoms with Crippen LogP contribution in [0.3, 0.4) is 0 Å². The fourth-order valence-corrected chi connectivity index (χ4v) is 13.5. The Labute approximate surface area is 142 Å². The number of rotatable bonds is 9. The van der Waals surface area contributed by atoms with E-state index in [-0.39, 0.29) is 11.0 Å². The van der Waals surface area contributed by atoms with Crippen LogP contribution in [0.2, 0.25) is 52.4 Å². The van der Waals surface area contributed by atoms with Gasteiger partial charge in [-0.25, -0.2) is 0 Å². The van der Waals surface area contributed by atoms with Gasteiger partial charge in [-0.1, -0.05) is 6.92 Å². The van der Waals surface area contributed by atoms with Crippen molar-refractivity contribution in [2.75, 3.05) is 0 Å². The molecule has 0 aromatic rings. The largest absolute Gasteiger partial charge is 0.577 e. The molecule has 0 aliphatic heterocycles. The third kappa shape index (κ3) is 6.48. The van der Waals surface area contributed by atoms with Crippen molar-refractivity contribution in [3.8, 4) is 0 Å². The van der Waals surface area contributed by atoms with Gasteiger partial charge in [-0.3, -0.25) is 0 Å². The Kier molecular flexibility index (Phi) is 7.65. The second-order valence-electron chi connectivity index (χ2n) is 8.27. The van der Waals surface area contributed by atoms with Gasteiger partial charge in [0, 0.05) is 6.55 Å². The third-order valence-electron chi connectivity index (χ3n) is 4.34. The summed E-state index contributed by atoms with van der Waals surface area (Å²) in [6.07, 6.45) is 0.941. The minimum absolute atomic E-state index is 0.000762. The van der Waals surface area contributed by atoms with Crippen LogP contribution >= 0.6 is 0 Å². The quantitative estimate of drug-likeness (QED) is 0.554. The van der Waals surface area contributed by atoms with Crippen molar-refractivity contribution in [1.29, 1.82) is 0 Å². The summed E-state index contributed by atoms with van der Waals surface area (Å²) in [4.78, 5) is 0. The molecule has 0 aliphatic rings. The summed E-state index contributed by atoms with van der Waals surface area (Å²) in [5, 5.41) is -0.215. The first-order valence-corrected chi connectivity index (χ1v) is 19.3. The Hall–Kier alpha value is 0.388. The summed E-state index contributed by atoms with van der Waals surface area (Å²) in [7, 11) is -7.84. The molecule has 2 atom stereocenters. The van der Waals surface area contributed by atoms with Gasteiger partial charge >= 0.3 is 8.93 Å². The Morgan fingerprint density at radius 2 is 1.55 bits per heavy atom. The van der Waals surface area contributed by atoms with Crippen LogP contribution < -0.4 is 0 Å². The molecule has 0 aromatic heterocycles. The lowest BCUT2D eigenvalue weighted by molar-refractivity contribution is 0.109. The van der Waals surface area contributed by atoms with Crippen molar-refractivity contribution in [2.45, 2.75) is 90.5 Å². The van der Waals surface area contributed by atoms with Crippen LogP contribution in [0.25, 0.3) is 0 Å². The minimum Gasteiger partial charge on any atom is -0.577 e. The van der Waals surface area contributed by atoms with E-state index in [0.29, 0.717) is 0 Å². The van der Waals surface area contributed by atoms with Crippen molar-refractivity contribution in [3.05, 3.63) is 0 Å². The Bertz CT molecular complexity index is 393. The fraction of sp³-hybridized carbons (Fsp3) is 1.00. The van der Waals surface area contributed by atoms with Gasteiger partial charge in [0.15, 0.2) is 8.32 Å². The molecule has 0 rings (SSSR count). The van der Waals surface area contributed by atoms with Crippen LogP contribution in [0, 0.1) is 0 Å². The van der Waals surface area contributed by atoms with Crippen LogP contribution in [0.5, 0.6) is 0 Å². The van der Waals surface area contributed by atoms with Gasteiger partial charge in [0.05, 0.1) is 11.0 Å². The maximum atomic E-state index is 11.5. The smallest absolute Gasteiger partial charge is 0.484 e. The second-order valence-corrected chi connectivity index (χ2v) is 22.8. The molecular weight excluding hydrogens is 344 g/mol. The van der Waals surface area contributed by atoms with Gasteiger partial charge in [0.25, 0.3) is 8.32 Å². The van der Waals surface area contributed by atoms with E-state index >= 15 is 0 Å². The molecule has 0 bridgehead atoms. The maximum Gasteiger partial charge on any atom is 0.484 e. The summed E-state index contributed by atoms with van der Waals surface area (Å²) >= 11 is 0. The summed E-state index contributed by atoms with van der Waals surface area (Å²) in [5.74, 6) is 0. The third-order valence-corrected chi connectivity index (χ3v) is 15.1. The zero-order chi connectivity index (χ0) is 18.0. The molecule has 4 nitrogen and oxygen atoms in total. The predicted molar refractivity (Wildman–Crippen MR) is 102 cm³/mol. The summed E-state index contributed by atoms with van der Waals surface area (Å²) < 4.78 is 30.3. The molecule has 0 N–H and O–H groups in total. The van der Waals surface area contributed by atoms with Crippen LogP contribution in [0.15, 0.2) is 0 Å². The summed E-state index contributed by atoms with van der Waals surface area (Å²) in [6, 6.07) is 0. The van der Waals surface area contributed by atoms with E-state index in [0.717, 1.165) is 6.42 Å². The fourth-order valence-electron chi connectivity index (χ4n) is 2.46. The Balaban J connectivity index is 5.24. The van der Waals surface area contributed by atoms with Crippen molar-refractivity contribution in [2.24, 2.45) is 0 Å². The van der Waals surface area contributed by atoms with Crippen molar-refractivity contribution in [1.82, 2.24) is 0 Å². The lowest BCUT2D eigenvalue weighted by atomic mass is 10.3. The van der Waals surface area contributed by atoms with Crippen LogP contribution in [0.4, 0.5) is 0 Å². The van der Waals surface area contributed by atoms with E-state index in [4.69, 9.17) is 13.0 Å². The first-order valence-electron chi connectivity index (χ1n) is 8.14. The van der Waals surface area contributed by atoms with Crippen molar-refractivity contribution >= 4 is 33.9 Å². The molecule has 0 saturated carbocycles. The highest BCUT2D eigenvalue weighted by molar-refractivity contribution is 6.80. The molecule has 8 heteroatoms. The Morgan fingerprint density at radius 1 is 1.09 bits per heavy atom. The van der Waals surface area contributed by atoms with E-state index in [1.165, 1.54) is 0 Å². The van der Waals surface area contributed by atoms with Crippen molar-refractivity contribution < 1.29 is 17.4 Å². The monoisotopic (exact) mass is 380 g/mol. The SMILES string of the molecule is CCC(C)(O[Si](C)(C)C)[Si](C)(C)OC(C)[Si](C)(C)O[Si](C)=O. The lowest BCUT2D eigenvalue weighted by Gasteiger charge is -2.47. The van der Waals surface area contributed by atoms with Gasteiger partial charge in [-0.05, 0) is 66.1 Å². The molecule has 0 fully saturated rings. The summed E-state index contributed by atoms with van der Waals surface area (Å²) in [5.41, 5.74) is -0.000762. The van der Waals surface area contributed by atoms with Crippen LogP contribution in [-0.4, -0.2) is 44.8 Å². The summed E-state index contributed by atoms with van der Waals surface area (Å²) in [6.45, 7) is 23.4. The molecule has 22 heavy (non-hydrogen) atoms. The van der Waals surface area contributed by atoms with Gasteiger partial charge in [0.2, 0.25) is 8.32 Å². The van der Waals surface area contributed by atoms with Gasteiger partial charge < -0.3 is 17.4 Å². The molecule has 132 valence electrons. The van der Waals surface area contributed by atoms with Crippen molar-refractivity contribution in [3.63, 3.8) is 0 Å². The van der Waals surface area contributed by atoms with Gasteiger partial charge in [-0.2, -0.15) is 0 Å². The normalized spacial score (nSPS) is 17.8. The lowest BCUT2D eigenvalue weighted by Crippen LogP contribution is -2.63. The highest BCUT2D eigenvalue weighted by Crippen LogP contribution is 2.34. The average molecular weight is 381 g/mol. The van der Waals surface area contributed by atoms with E-state index in [1.807, 2.05) is 0 Å².